The highest BCUT2D eigenvalue weighted by Gasteiger charge is 1.87. The molecule has 0 aliphatic heterocycles. The van der Waals surface area contributed by atoms with Crippen molar-refractivity contribution in [2.75, 3.05) is 0 Å². The monoisotopic (exact) mass is 221 g/mol. The fraction of sp³-hybridized carbons (Fsp3) is 0.750. The van der Waals surface area contributed by atoms with Gasteiger partial charge in [0.2, 0.25) is 0 Å². The second-order valence-electron chi connectivity index (χ2n) is 4.55. The largest absolute Gasteiger partial charge is 0.0885 e. The van der Waals surface area contributed by atoms with Gasteiger partial charge in [-0.15, -0.1) is 0 Å². The van der Waals surface area contributed by atoms with Crippen LogP contribution < -0.4 is 0 Å². The van der Waals surface area contributed by atoms with Crippen molar-refractivity contribution in [3.8, 4) is 0 Å². The minimum absolute atomic E-state index is 1.08. The van der Waals surface area contributed by atoms with Crippen molar-refractivity contribution in [1.82, 2.24) is 0 Å². The fourth-order valence-corrected chi connectivity index (χ4v) is 1.80. The molecule has 0 aromatic carbocycles. The van der Waals surface area contributed by atoms with Crippen molar-refractivity contribution in [3.05, 3.63) is 24.8 Å². The van der Waals surface area contributed by atoms with E-state index in [1.807, 2.05) is 0 Å². The van der Waals surface area contributed by atoms with Crippen molar-refractivity contribution >= 4 is 0 Å². The molecule has 0 aromatic heterocycles. The molecular formula is C16H29. The van der Waals surface area contributed by atoms with Gasteiger partial charge < -0.3 is 0 Å². The molecule has 0 rings (SSSR count). The molecule has 16 heavy (non-hydrogen) atoms. The summed E-state index contributed by atoms with van der Waals surface area (Å²) in [5.41, 5.74) is 0. The molecule has 0 nitrogen and oxygen atoms in total. The number of hydrogen-bond acceptors (Lipinski definition) is 0. The summed E-state index contributed by atoms with van der Waals surface area (Å²) in [6.07, 6.45) is 20.9. The molecule has 0 saturated heterocycles. The molecule has 0 unspecified atom stereocenters. The van der Waals surface area contributed by atoms with E-state index in [0.717, 1.165) is 6.42 Å². The molecule has 0 amide bonds. The first-order valence-corrected chi connectivity index (χ1v) is 7.10. The van der Waals surface area contributed by atoms with Crippen LogP contribution in [0, 0.1) is 6.58 Å². The van der Waals surface area contributed by atoms with Gasteiger partial charge in [0.1, 0.15) is 0 Å². The zero-order valence-electron chi connectivity index (χ0n) is 11.1. The lowest BCUT2D eigenvalue weighted by atomic mass is 10.1. The molecule has 0 heterocycles. The zero-order chi connectivity index (χ0) is 11.9. The second-order valence-corrected chi connectivity index (χ2v) is 4.55. The van der Waals surface area contributed by atoms with Gasteiger partial charge in [-0.3, -0.25) is 0 Å². The normalized spacial score (nSPS) is 11.1. The molecule has 93 valence electrons. The lowest BCUT2D eigenvalue weighted by Gasteiger charge is -1.97. The van der Waals surface area contributed by atoms with Crippen LogP contribution in [0.1, 0.15) is 77.6 Å². The fourth-order valence-electron chi connectivity index (χ4n) is 1.80. The standard InChI is InChI=1S/C16H29/c1-3-5-7-9-11-13-15-16-14-12-10-8-6-4-2/h1,3,14,16H,4-13,15H2,2H3. The Labute approximate surface area is 103 Å². The average Bonchev–Trinajstić information content (AvgIpc) is 2.31. The molecule has 0 aliphatic rings. The third-order valence-corrected chi connectivity index (χ3v) is 2.88. The Morgan fingerprint density at radius 1 is 0.688 bits per heavy atom. The highest BCUT2D eigenvalue weighted by Crippen LogP contribution is 2.07. The maximum absolute atomic E-state index is 5.32. The van der Waals surface area contributed by atoms with Crippen LogP contribution in [-0.4, -0.2) is 0 Å². The average molecular weight is 221 g/mol. The summed E-state index contributed by atoms with van der Waals surface area (Å²) >= 11 is 0. The first kappa shape index (κ1) is 15.5. The van der Waals surface area contributed by atoms with Gasteiger partial charge in [0.15, 0.2) is 0 Å². The molecule has 0 N–H and O–H groups in total. The Morgan fingerprint density at radius 2 is 1.19 bits per heavy atom. The van der Waals surface area contributed by atoms with Gasteiger partial charge in [0.05, 0.1) is 0 Å². The third-order valence-electron chi connectivity index (χ3n) is 2.88. The van der Waals surface area contributed by atoms with E-state index in [-0.39, 0.29) is 0 Å². The predicted octanol–water partition coefficient (Wildman–Crippen LogP) is 5.84. The first-order chi connectivity index (χ1) is 7.91. The van der Waals surface area contributed by atoms with Gasteiger partial charge in [-0.25, -0.2) is 0 Å². The summed E-state index contributed by atoms with van der Waals surface area (Å²) in [6, 6.07) is 0. The van der Waals surface area contributed by atoms with Crippen molar-refractivity contribution in [1.29, 1.82) is 0 Å². The smallest absolute Gasteiger partial charge is 0.0348 e. The van der Waals surface area contributed by atoms with E-state index in [4.69, 9.17) is 6.58 Å². The SMILES string of the molecule is [CH]=CCCCCCCC=CCCCCCC. The molecule has 1 radical (unpaired) electrons. The van der Waals surface area contributed by atoms with E-state index < -0.39 is 0 Å². The lowest BCUT2D eigenvalue weighted by molar-refractivity contribution is 0.649. The summed E-state index contributed by atoms with van der Waals surface area (Å²) in [4.78, 5) is 0. The van der Waals surface area contributed by atoms with Crippen LogP contribution in [0.25, 0.3) is 0 Å². The first-order valence-electron chi connectivity index (χ1n) is 7.10. The Morgan fingerprint density at radius 3 is 1.69 bits per heavy atom. The molecule has 0 bridgehead atoms. The van der Waals surface area contributed by atoms with Crippen molar-refractivity contribution in [3.63, 3.8) is 0 Å². The van der Waals surface area contributed by atoms with Crippen molar-refractivity contribution < 1.29 is 0 Å². The topological polar surface area (TPSA) is 0 Å². The van der Waals surface area contributed by atoms with Crippen LogP contribution in [-0.2, 0) is 0 Å². The molecule has 0 saturated carbocycles. The van der Waals surface area contributed by atoms with Gasteiger partial charge >= 0.3 is 0 Å². The molecule has 0 atom stereocenters. The third kappa shape index (κ3) is 13.5. The molecule has 0 aromatic rings. The summed E-state index contributed by atoms with van der Waals surface area (Å²) in [7, 11) is 0. The lowest BCUT2D eigenvalue weighted by Crippen LogP contribution is -1.77. The zero-order valence-corrected chi connectivity index (χ0v) is 11.1. The van der Waals surface area contributed by atoms with Crippen LogP contribution in [0.5, 0.6) is 0 Å². The number of unbranched alkanes of at least 4 members (excludes halogenated alkanes) is 9. The summed E-state index contributed by atoms with van der Waals surface area (Å²) in [5, 5.41) is 0. The summed E-state index contributed by atoms with van der Waals surface area (Å²) in [6.45, 7) is 7.58. The van der Waals surface area contributed by atoms with Gasteiger partial charge in [-0.2, -0.15) is 0 Å². The summed E-state index contributed by atoms with van der Waals surface area (Å²) in [5.74, 6) is 0. The molecule has 0 aliphatic carbocycles. The summed E-state index contributed by atoms with van der Waals surface area (Å²) < 4.78 is 0. The maximum atomic E-state index is 5.32. The van der Waals surface area contributed by atoms with E-state index >= 15 is 0 Å². The Kier molecular flexibility index (Phi) is 14.0. The van der Waals surface area contributed by atoms with Gasteiger partial charge in [0.25, 0.3) is 0 Å². The molecule has 0 heteroatoms. The van der Waals surface area contributed by atoms with Crippen LogP contribution in [0.2, 0.25) is 0 Å². The van der Waals surface area contributed by atoms with E-state index in [0.29, 0.717) is 0 Å². The highest BCUT2D eigenvalue weighted by atomic mass is 13.9. The quantitative estimate of drug-likeness (QED) is 0.287. The van der Waals surface area contributed by atoms with Crippen molar-refractivity contribution in [2.45, 2.75) is 77.6 Å². The Balaban J connectivity index is 3.00. The van der Waals surface area contributed by atoms with Crippen LogP contribution in [0.3, 0.4) is 0 Å². The molecular weight excluding hydrogens is 192 g/mol. The van der Waals surface area contributed by atoms with Gasteiger partial charge in [-0.05, 0) is 38.5 Å². The van der Waals surface area contributed by atoms with E-state index in [1.54, 1.807) is 6.08 Å². The number of hydrogen-bond donors (Lipinski definition) is 0. The maximum Gasteiger partial charge on any atom is -0.0348 e. The van der Waals surface area contributed by atoms with E-state index in [2.05, 4.69) is 19.1 Å². The van der Waals surface area contributed by atoms with Gasteiger partial charge in [-0.1, -0.05) is 63.8 Å². The molecule has 0 spiro atoms. The highest BCUT2D eigenvalue weighted by molar-refractivity contribution is 4.81. The van der Waals surface area contributed by atoms with Crippen molar-refractivity contribution in [2.24, 2.45) is 0 Å². The van der Waals surface area contributed by atoms with Crippen LogP contribution >= 0.6 is 0 Å². The molecule has 0 fully saturated rings. The minimum Gasteiger partial charge on any atom is -0.0885 e. The van der Waals surface area contributed by atoms with E-state index in [1.165, 1.54) is 64.2 Å². The van der Waals surface area contributed by atoms with Crippen LogP contribution in [0.15, 0.2) is 18.2 Å². The van der Waals surface area contributed by atoms with Gasteiger partial charge in [0, 0.05) is 0 Å². The number of rotatable bonds is 12. The van der Waals surface area contributed by atoms with Crippen LogP contribution in [0.4, 0.5) is 0 Å². The predicted molar refractivity (Wildman–Crippen MR) is 74.5 cm³/mol. The van der Waals surface area contributed by atoms with E-state index in [9.17, 15) is 0 Å². The second kappa shape index (κ2) is 14.5. The Hall–Kier alpha value is -0.520. The minimum atomic E-state index is 1.08. The number of allylic oxidation sites excluding steroid dienone is 3. The Bertz CT molecular complexity index is 155.